The number of rotatable bonds is 9. The summed E-state index contributed by atoms with van der Waals surface area (Å²) in [7, 11) is 2.99. The molecule has 1 spiro atoms. The molecule has 1 saturated heterocycles. The van der Waals surface area contributed by atoms with Crippen LogP contribution in [0.25, 0.3) is 11.0 Å². The Hall–Kier alpha value is -2.05. The summed E-state index contributed by atoms with van der Waals surface area (Å²) in [5.74, 6) is -3.67. The van der Waals surface area contributed by atoms with Crippen LogP contribution >= 0.6 is 21.6 Å². The average Bonchev–Trinajstić information content (AvgIpc) is 3.62. The Bertz CT molecular complexity index is 1690. The summed E-state index contributed by atoms with van der Waals surface area (Å²) in [6, 6.07) is 3.68. The van der Waals surface area contributed by atoms with E-state index in [1.165, 1.54) is 17.1 Å². The van der Waals surface area contributed by atoms with Gasteiger partial charge in [-0.15, -0.1) is 0 Å². The van der Waals surface area contributed by atoms with Crippen LogP contribution in [0.1, 0.15) is 64.9 Å². The second-order valence-electron chi connectivity index (χ2n) is 16.0. The number of aliphatic hydroxyl groups is 6. The largest absolute Gasteiger partial charge is 0.485 e. The number of hydrogen-bond donors (Lipinski definition) is 7. The highest BCUT2D eigenvalue weighted by atomic mass is 33.1. The number of aryl methyl sites for hydroxylation is 1. The molecule has 7 N–H and O–H groups in total. The van der Waals surface area contributed by atoms with Crippen molar-refractivity contribution in [1.82, 2.24) is 5.32 Å². The molecule has 5 bridgehead atoms. The zero-order chi connectivity index (χ0) is 38.5. The lowest BCUT2D eigenvalue weighted by Crippen LogP contribution is -2.90. The summed E-state index contributed by atoms with van der Waals surface area (Å²) in [6.45, 7) is 5.76. The number of ether oxygens (including phenoxy) is 4. The van der Waals surface area contributed by atoms with Crippen LogP contribution in [-0.2, 0) is 20.7 Å². The van der Waals surface area contributed by atoms with Crippen molar-refractivity contribution in [3.8, 4) is 11.5 Å². The molecule has 13 nitrogen and oxygen atoms in total. The highest BCUT2D eigenvalue weighted by Gasteiger charge is 2.83. The lowest BCUT2D eigenvalue weighted by Gasteiger charge is -2.72. The first-order valence-corrected chi connectivity index (χ1v) is 21.7. The van der Waals surface area contributed by atoms with Crippen LogP contribution in [0.5, 0.6) is 11.5 Å². The normalized spacial score (nSPS) is 39.2. The van der Waals surface area contributed by atoms with Crippen molar-refractivity contribution in [1.29, 1.82) is 0 Å². The second-order valence-corrected chi connectivity index (χ2v) is 18.6. The molecule has 54 heavy (non-hydrogen) atoms. The van der Waals surface area contributed by atoms with Crippen molar-refractivity contribution in [3.05, 3.63) is 36.1 Å². The fourth-order valence-electron chi connectivity index (χ4n) is 9.75. The Morgan fingerprint density at radius 3 is 2.72 bits per heavy atom. The van der Waals surface area contributed by atoms with Gasteiger partial charge in [-0.3, -0.25) is 4.79 Å². The van der Waals surface area contributed by atoms with Crippen LogP contribution in [0.4, 0.5) is 0 Å². The molecule has 3 fully saturated rings. The number of aliphatic hydroxyl groups excluding tert-OH is 4. The number of hydrogen-bond acceptors (Lipinski definition) is 15. The van der Waals surface area contributed by atoms with Gasteiger partial charge in [-0.1, -0.05) is 41.5 Å². The van der Waals surface area contributed by atoms with Gasteiger partial charge in [0.25, 0.3) is 5.79 Å². The fraction of sp³-hybridized carbons (Fsp3) is 0.718. The lowest BCUT2D eigenvalue weighted by atomic mass is 9.46. The van der Waals surface area contributed by atoms with Gasteiger partial charge >= 0.3 is 5.97 Å². The van der Waals surface area contributed by atoms with Gasteiger partial charge in [0.15, 0.2) is 16.9 Å². The summed E-state index contributed by atoms with van der Waals surface area (Å²) in [4.78, 5) is 12.7. The van der Waals surface area contributed by atoms with Crippen molar-refractivity contribution in [2.24, 2.45) is 23.7 Å². The molecule has 4 heterocycles. The third kappa shape index (κ3) is 6.48. The summed E-state index contributed by atoms with van der Waals surface area (Å²) < 4.78 is 31.8. The quantitative estimate of drug-likeness (QED) is 0.111. The Labute approximate surface area is 323 Å². The van der Waals surface area contributed by atoms with Gasteiger partial charge in [0.1, 0.15) is 23.9 Å². The summed E-state index contributed by atoms with van der Waals surface area (Å²) in [6.07, 6.45) is 4.53. The van der Waals surface area contributed by atoms with Gasteiger partial charge in [0.05, 0.1) is 30.8 Å². The lowest BCUT2D eigenvalue weighted by molar-refractivity contribution is -0.453. The predicted octanol–water partition coefficient (Wildman–Crippen LogP) is 3.09. The first kappa shape index (κ1) is 40.2. The van der Waals surface area contributed by atoms with Gasteiger partial charge in [-0.25, -0.2) is 0 Å². The Morgan fingerprint density at radius 1 is 1.17 bits per heavy atom. The second kappa shape index (κ2) is 15.7. The minimum absolute atomic E-state index is 0.0115. The van der Waals surface area contributed by atoms with Crippen LogP contribution in [0.3, 0.4) is 0 Å². The molecule has 0 amide bonds. The monoisotopic (exact) mass is 793 g/mol. The molecule has 1 aromatic heterocycles. The highest BCUT2D eigenvalue weighted by Crippen LogP contribution is 2.67. The molecular formula is C39H55NO12S2. The average molecular weight is 794 g/mol. The standard InChI is InChI=1S/C39H55NO12S2/c1-4-48-30(44)10-7-23-17-24-12-15-49-32(24)34-33(23)51-38-13-11-29(54-53-20-26(8-5-22(2)3)40-14-16-50-34)37(21-42,52-38)36(46)18-25-6-9-28(43)27(19-41)31(25)39(38,47)35(36)45/h11-13,15,17,22,25-29,31,35,40-43,45-47H,4-10,14,16,18-21H2,1-3H3. The van der Waals surface area contributed by atoms with E-state index >= 15 is 0 Å². The van der Waals surface area contributed by atoms with Gasteiger partial charge in [-0.05, 0) is 81.1 Å². The van der Waals surface area contributed by atoms with E-state index in [9.17, 15) is 35.4 Å². The number of nitrogens with one attached hydrogen (secondary N) is 1. The molecule has 2 aliphatic carbocycles. The number of benzene rings is 1. The molecule has 11 atom stereocenters. The summed E-state index contributed by atoms with van der Waals surface area (Å²) >= 11 is 0. The summed E-state index contributed by atoms with van der Waals surface area (Å²) in [5.41, 5.74) is -5.66. The molecule has 15 heteroatoms. The van der Waals surface area contributed by atoms with E-state index in [-0.39, 0.29) is 50.0 Å². The van der Waals surface area contributed by atoms with Crippen molar-refractivity contribution in [2.75, 3.05) is 38.7 Å². The number of carbonyl (C=O) groups excluding carboxylic acids is 1. The first-order valence-electron chi connectivity index (χ1n) is 19.3. The first-order chi connectivity index (χ1) is 25.9. The highest BCUT2D eigenvalue weighted by molar-refractivity contribution is 8.77. The molecule has 0 radical (unpaired) electrons. The van der Waals surface area contributed by atoms with Crippen LogP contribution < -0.4 is 14.8 Å². The van der Waals surface area contributed by atoms with E-state index in [1.807, 2.05) is 0 Å². The van der Waals surface area contributed by atoms with Crippen LogP contribution in [0.15, 0.2) is 35.0 Å². The smallest absolute Gasteiger partial charge is 0.306 e. The van der Waals surface area contributed by atoms with Gasteiger partial charge in [0, 0.05) is 48.6 Å². The van der Waals surface area contributed by atoms with Crippen LogP contribution in [-0.4, -0.2) is 121 Å². The third-order valence-electron chi connectivity index (χ3n) is 12.5. The maximum atomic E-state index is 13.3. The molecule has 7 rings (SSSR count). The van der Waals surface area contributed by atoms with Crippen molar-refractivity contribution in [2.45, 2.75) is 112 Å². The molecule has 11 unspecified atom stereocenters. The third-order valence-corrected chi connectivity index (χ3v) is 15.3. The molecule has 300 valence electrons. The minimum atomic E-state index is -2.47. The Balaban J connectivity index is 1.44. The van der Waals surface area contributed by atoms with E-state index in [2.05, 4.69) is 19.2 Å². The molecule has 2 saturated carbocycles. The van der Waals surface area contributed by atoms with E-state index in [0.717, 1.165) is 12.8 Å². The van der Waals surface area contributed by atoms with Crippen LogP contribution in [0.2, 0.25) is 0 Å². The Morgan fingerprint density at radius 2 is 1.98 bits per heavy atom. The molecule has 2 aromatic rings. The number of carbonyl (C=O) groups is 1. The molecule has 1 aromatic carbocycles. The number of esters is 1. The topological polar surface area (TPSA) is 201 Å². The van der Waals surface area contributed by atoms with Crippen molar-refractivity contribution < 1.29 is 58.8 Å². The zero-order valence-electron chi connectivity index (χ0n) is 31.1. The number of furan rings is 1. The van der Waals surface area contributed by atoms with Crippen LogP contribution in [0, 0.1) is 23.7 Å². The SMILES string of the molecule is CCOC(=O)CCc1cc2ccoc2c2c1OC13C=CC(SSCC(CCC(C)C)NCCO2)C(CO)(O1)C1(O)CC2CCC(O)C(CO)C2C3(O)C1O. The maximum Gasteiger partial charge on any atom is 0.306 e. The van der Waals surface area contributed by atoms with Gasteiger partial charge < -0.3 is 59.3 Å². The maximum absolute atomic E-state index is 13.3. The minimum Gasteiger partial charge on any atom is -0.485 e. The summed E-state index contributed by atoms with van der Waals surface area (Å²) in [5, 5.41) is 75.7. The van der Waals surface area contributed by atoms with Crippen molar-refractivity contribution in [3.63, 3.8) is 0 Å². The van der Waals surface area contributed by atoms with Gasteiger partial charge in [-0.2, -0.15) is 0 Å². The van der Waals surface area contributed by atoms with E-state index < -0.39 is 77.0 Å². The number of fused-ring (bicyclic) bond motifs is 11. The Kier molecular flexibility index (Phi) is 11.7. The zero-order valence-corrected chi connectivity index (χ0v) is 32.8. The van der Waals surface area contributed by atoms with Gasteiger partial charge in [0.2, 0.25) is 5.75 Å². The fourth-order valence-corrected chi connectivity index (χ4v) is 12.9. The van der Waals surface area contributed by atoms with E-state index in [4.69, 9.17) is 23.4 Å². The van der Waals surface area contributed by atoms with E-state index in [1.54, 1.807) is 42.0 Å². The molecule has 3 aliphatic heterocycles. The molecule has 5 aliphatic rings. The van der Waals surface area contributed by atoms with Crippen molar-refractivity contribution >= 4 is 38.5 Å². The van der Waals surface area contributed by atoms with E-state index in [0.29, 0.717) is 47.6 Å². The predicted molar refractivity (Wildman–Crippen MR) is 203 cm³/mol. The molecular weight excluding hydrogens is 739 g/mol.